The summed E-state index contributed by atoms with van der Waals surface area (Å²) in [7, 11) is -4.18. The first-order chi connectivity index (χ1) is 9.79. The first-order valence-electron chi connectivity index (χ1n) is 6.24. The van der Waals surface area contributed by atoms with Crippen LogP contribution in [0.3, 0.4) is 0 Å². The highest BCUT2D eigenvalue weighted by atomic mass is 32.2. The van der Waals surface area contributed by atoms with Gasteiger partial charge in [0.1, 0.15) is 6.04 Å². The summed E-state index contributed by atoms with van der Waals surface area (Å²) in [4.78, 5) is 25.5. The number of aliphatic carboxylic acids is 1. The summed E-state index contributed by atoms with van der Waals surface area (Å²) in [6.45, 7) is 0. The van der Waals surface area contributed by atoms with Gasteiger partial charge in [-0.25, -0.2) is 18.2 Å². The van der Waals surface area contributed by atoms with Crippen molar-refractivity contribution in [1.82, 2.24) is 9.71 Å². The van der Waals surface area contributed by atoms with Gasteiger partial charge in [0.05, 0.1) is 5.56 Å². The molecule has 0 bridgehead atoms. The molecule has 3 N–H and O–H groups in total. The van der Waals surface area contributed by atoms with Crippen molar-refractivity contribution in [1.29, 1.82) is 0 Å². The van der Waals surface area contributed by atoms with Crippen LogP contribution in [0, 0.1) is 5.92 Å². The third-order valence-electron chi connectivity index (χ3n) is 3.12. The Morgan fingerprint density at radius 3 is 2.57 bits per heavy atom. The molecule has 1 fully saturated rings. The van der Waals surface area contributed by atoms with E-state index in [-0.39, 0.29) is 17.9 Å². The highest BCUT2D eigenvalue weighted by molar-refractivity contribution is 7.89. The van der Waals surface area contributed by atoms with Crippen LogP contribution in [0.5, 0.6) is 0 Å². The largest absolute Gasteiger partial charge is 0.480 e. The van der Waals surface area contributed by atoms with Gasteiger partial charge >= 0.3 is 11.9 Å². The lowest BCUT2D eigenvalue weighted by atomic mass is 10.1. The van der Waals surface area contributed by atoms with Gasteiger partial charge in [-0.15, -0.1) is 0 Å². The van der Waals surface area contributed by atoms with E-state index < -0.39 is 33.0 Å². The maximum atomic E-state index is 12.1. The number of pyridine rings is 1. The zero-order chi connectivity index (χ0) is 15.6. The number of aromatic carboxylic acids is 1. The molecule has 21 heavy (non-hydrogen) atoms. The van der Waals surface area contributed by atoms with Crippen molar-refractivity contribution < 1.29 is 28.2 Å². The van der Waals surface area contributed by atoms with E-state index in [0.717, 1.165) is 31.2 Å². The number of carbonyl (C=O) groups is 2. The Morgan fingerprint density at radius 2 is 2.05 bits per heavy atom. The number of nitrogens with zero attached hydrogens (tertiary/aromatic N) is 1. The van der Waals surface area contributed by atoms with Gasteiger partial charge in [0, 0.05) is 6.20 Å². The molecule has 0 spiro atoms. The molecule has 1 atom stereocenters. The van der Waals surface area contributed by atoms with E-state index >= 15 is 0 Å². The molecule has 1 aromatic heterocycles. The van der Waals surface area contributed by atoms with Crippen molar-refractivity contribution in [3.8, 4) is 0 Å². The summed E-state index contributed by atoms with van der Waals surface area (Å²) in [6.07, 6.45) is 3.04. The number of nitrogens with one attached hydrogen (secondary N) is 1. The number of hydrogen-bond donors (Lipinski definition) is 3. The van der Waals surface area contributed by atoms with Crippen LogP contribution in [0.2, 0.25) is 0 Å². The Labute approximate surface area is 120 Å². The van der Waals surface area contributed by atoms with E-state index in [4.69, 9.17) is 10.2 Å². The summed E-state index contributed by atoms with van der Waals surface area (Å²) in [5.41, 5.74) is -0.237. The van der Waals surface area contributed by atoms with Crippen LogP contribution in [-0.4, -0.2) is 41.6 Å². The van der Waals surface area contributed by atoms with E-state index in [9.17, 15) is 18.0 Å². The van der Waals surface area contributed by atoms with Gasteiger partial charge in [-0.1, -0.05) is 12.8 Å². The molecule has 1 aromatic rings. The minimum atomic E-state index is -4.18. The summed E-state index contributed by atoms with van der Waals surface area (Å²) >= 11 is 0. The van der Waals surface area contributed by atoms with Crippen LogP contribution < -0.4 is 4.72 Å². The molecule has 9 heteroatoms. The van der Waals surface area contributed by atoms with Crippen LogP contribution >= 0.6 is 0 Å². The van der Waals surface area contributed by atoms with E-state index in [2.05, 4.69) is 9.71 Å². The standard InChI is InChI=1S/C12H14N2O6S/c15-11(16)8-3-4-13-10(6-8)21(19,20)14-9(12(17)18)5-7-1-2-7/h3-4,6-7,9,14H,1-2,5H2,(H,15,16)(H,17,18)/t9-/m0/s1. The molecular formula is C12H14N2O6S. The van der Waals surface area contributed by atoms with Crippen molar-refractivity contribution in [2.75, 3.05) is 0 Å². The van der Waals surface area contributed by atoms with Gasteiger partial charge in [-0.2, -0.15) is 4.72 Å². The lowest BCUT2D eigenvalue weighted by Crippen LogP contribution is -2.41. The van der Waals surface area contributed by atoms with Crippen LogP contribution in [0.1, 0.15) is 29.6 Å². The fraction of sp³-hybridized carbons (Fsp3) is 0.417. The third kappa shape index (κ3) is 3.99. The van der Waals surface area contributed by atoms with E-state index in [0.29, 0.717) is 0 Å². The predicted molar refractivity (Wildman–Crippen MR) is 70.3 cm³/mol. The normalized spacial score (nSPS) is 16.4. The lowest BCUT2D eigenvalue weighted by Gasteiger charge is -2.14. The minimum absolute atomic E-state index is 0.215. The molecule has 1 aliphatic carbocycles. The zero-order valence-electron chi connectivity index (χ0n) is 10.9. The summed E-state index contributed by atoms with van der Waals surface area (Å²) in [5, 5.41) is 17.4. The van der Waals surface area contributed by atoms with E-state index in [1.807, 2.05) is 0 Å². The summed E-state index contributed by atoms with van der Waals surface area (Å²) in [5.74, 6) is -2.34. The third-order valence-corrected chi connectivity index (χ3v) is 4.49. The van der Waals surface area contributed by atoms with Gasteiger partial charge in [0.2, 0.25) is 0 Å². The van der Waals surface area contributed by atoms with Gasteiger partial charge in [-0.05, 0) is 24.5 Å². The van der Waals surface area contributed by atoms with Crippen molar-refractivity contribution >= 4 is 22.0 Å². The fourth-order valence-electron chi connectivity index (χ4n) is 1.82. The van der Waals surface area contributed by atoms with Crippen LogP contribution in [-0.2, 0) is 14.8 Å². The molecule has 0 aromatic carbocycles. The molecule has 1 saturated carbocycles. The second-order valence-corrected chi connectivity index (χ2v) is 6.54. The Balaban J connectivity index is 2.21. The number of aromatic nitrogens is 1. The number of sulfonamides is 1. The zero-order valence-corrected chi connectivity index (χ0v) is 11.7. The SMILES string of the molecule is O=C(O)c1ccnc(S(=O)(=O)N[C@@H](CC2CC2)C(=O)O)c1. The average Bonchev–Trinajstić information content (AvgIpc) is 3.21. The lowest BCUT2D eigenvalue weighted by molar-refractivity contribution is -0.139. The maximum absolute atomic E-state index is 12.1. The number of carboxylic acids is 2. The predicted octanol–water partition coefficient (Wildman–Crippen LogP) is 0.311. The monoisotopic (exact) mass is 314 g/mol. The molecule has 2 rings (SSSR count). The van der Waals surface area contributed by atoms with Crippen molar-refractivity contribution in [3.63, 3.8) is 0 Å². The molecule has 0 radical (unpaired) electrons. The topological polar surface area (TPSA) is 134 Å². The number of hydrogen-bond acceptors (Lipinski definition) is 5. The molecule has 1 heterocycles. The summed E-state index contributed by atoms with van der Waals surface area (Å²) < 4.78 is 26.3. The van der Waals surface area contributed by atoms with Gasteiger partial charge in [-0.3, -0.25) is 4.79 Å². The van der Waals surface area contributed by atoms with Gasteiger partial charge in [0.25, 0.3) is 10.0 Å². The Morgan fingerprint density at radius 1 is 1.38 bits per heavy atom. The molecule has 1 aliphatic rings. The molecule has 0 amide bonds. The highest BCUT2D eigenvalue weighted by Crippen LogP contribution is 2.33. The van der Waals surface area contributed by atoms with Crippen LogP contribution in [0.4, 0.5) is 0 Å². The van der Waals surface area contributed by atoms with Crippen molar-refractivity contribution in [3.05, 3.63) is 23.9 Å². The van der Waals surface area contributed by atoms with Crippen molar-refractivity contribution in [2.24, 2.45) is 5.92 Å². The Bertz CT molecular complexity index is 668. The van der Waals surface area contributed by atoms with E-state index in [1.165, 1.54) is 0 Å². The minimum Gasteiger partial charge on any atom is -0.480 e. The first kappa shape index (κ1) is 15.4. The molecule has 0 aliphatic heterocycles. The molecular weight excluding hydrogens is 300 g/mol. The van der Waals surface area contributed by atoms with Crippen LogP contribution in [0.15, 0.2) is 23.4 Å². The van der Waals surface area contributed by atoms with Crippen molar-refractivity contribution in [2.45, 2.75) is 30.3 Å². The quantitative estimate of drug-likeness (QED) is 0.659. The van der Waals surface area contributed by atoms with Gasteiger partial charge < -0.3 is 10.2 Å². The van der Waals surface area contributed by atoms with Gasteiger partial charge in [0.15, 0.2) is 5.03 Å². The average molecular weight is 314 g/mol. The number of carboxylic acid groups (broad SMARTS) is 2. The van der Waals surface area contributed by atoms with Crippen LogP contribution in [0.25, 0.3) is 0 Å². The maximum Gasteiger partial charge on any atom is 0.335 e. The number of rotatable bonds is 7. The fourth-order valence-corrected chi connectivity index (χ4v) is 3.00. The molecule has 8 nitrogen and oxygen atoms in total. The Hall–Kier alpha value is -2.00. The molecule has 0 unspecified atom stereocenters. The molecule has 114 valence electrons. The second-order valence-electron chi connectivity index (χ2n) is 4.88. The second kappa shape index (κ2) is 5.78. The highest BCUT2D eigenvalue weighted by Gasteiger charge is 2.33. The molecule has 0 saturated heterocycles. The summed E-state index contributed by atoms with van der Waals surface area (Å²) in [6, 6.07) is 0.804. The van der Waals surface area contributed by atoms with E-state index in [1.54, 1.807) is 0 Å². The Kier molecular flexibility index (Phi) is 4.24. The first-order valence-corrected chi connectivity index (χ1v) is 7.72. The smallest absolute Gasteiger partial charge is 0.335 e.